The van der Waals surface area contributed by atoms with Gasteiger partial charge in [-0.05, 0) is 67.7 Å². The van der Waals surface area contributed by atoms with Crippen molar-refractivity contribution in [2.45, 2.75) is 81.9 Å². The molecule has 3 aromatic carbocycles. The molecule has 3 atom stereocenters. The predicted molar refractivity (Wildman–Crippen MR) is 208 cm³/mol. The van der Waals surface area contributed by atoms with Gasteiger partial charge in [0.05, 0.1) is 6.04 Å². The molecule has 1 aliphatic carbocycles. The summed E-state index contributed by atoms with van der Waals surface area (Å²) in [4.78, 5) is 56.3. The van der Waals surface area contributed by atoms with Gasteiger partial charge in [-0.25, -0.2) is 4.79 Å². The molecule has 14 nitrogen and oxygen atoms in total. The lowest BCUT2D eigenvalue weighted by Gasteiger charge is -2.34. The fourth-order valence-corrected chi connectivity index (χ4v) is 9.62. The van der Waals surface area contributed by atoms with E-state index in [0.29, 0.717) is 51.6 Å². The van der Waals surface area contributed by atoms with E-state index in [9.17, 15) is 28.8 Å². The average molecular weight is 762 g/mol. The van der Waals surface area contributed by atoms with Crippen LogP contribution >= 0.6 is 7.29 Å². The summed E-state index contributed by atoms with van der Waals surface area (Å²) in [6, 6.07) is 24.4. The third kappa shape index (κ3) is 12.3. The molecule has 0 aromatic heterocycles. The minimum Gasteiger partial charge on any atom is -0.480 e. The van der Waals surface area contributed by atoms with Crippen LogP contribution in [0.2, 0.25) is 0 Å². The smallest absolute Gasteiger partial charge is 0.326 e. The van der Waals surface area contributed by atoms with Crippen molar-refractivity contribution in [2.24, 2.45) is 22.2 Å². The highest BCUT2D eigenvalue weighted by Gasteiger charge is 2.39. The van der Waals surface area contributed by atoms with Crippen LogP contribution < -0.4 is 22.3 Å². The SMILES string of the molecule is C[C@H](NP(=O)(Cc1ccccc1)Cc1ccccc1)C(=O)N(CC(=O)N1CCC[C@H]1C(=O)O)C1Cc2ccccc2C1.NC(N)=NCCC[C@H](N)C(=O)O. The second-order valence-electron chi connectivity index (χ2n) is 13.8. The van der Waals surface area contributed by atoms with Gasteiger partial charge >= 0.3 is 11.9 Å². The van der Waals surface area contributed by atoms with E-state index in [0.717, 1.165) is 22.3 Å². The van der Waals surface area contributed by atoms with Gasteiger partial charge in [0.1, 0.15) is 18.6 Å². The van der Waals surface area contributed by atoms with Crippen LogP contribution in [0.4, 0.5) is 0 Å². The summed E-state index contributed by atoms with van der Waals surface area (Å²) in [5.74, 6) is -2.69. The molecule has 1 aliphatic heterocycles. The maximum Gasteiger partial charge on any atom is 0.326 e. The van der Waals surface area contributed by atoms with E-state index < -0.39 is 37.4 Å². The van der Waals surface area contributed by atoms with Crippen molar-refractivity contribution in [3.8, 4) is 0 Å². The van der Waals surface area contributed by atoms with Crippen molar-refractivity contribution < 1.29 is 34.0 Å². The molecule has 1 saturated heterocycles. The van der Waals surface area contributed by atoms with Crippen molar-refractivity contribution in [1.29, 1.82) is 0 Å². The molecule has 5 rings (SSSR count). The summed E-state index contributed by atoms with van der Waals surface area (Å²) in [6.07, 6.45) is 3.75. The number of rotatable bonds is 16. The highest BCUT2D eigenvalue weighted by Crippen LogP contribution is 2.49. The van der Waals surface area contributed by atoms with Gasteiger partial charge < -0.3 is 41.8 Å². The normalized spacial score (nSPS) is 16.3. The molecule has 54 heavy (non-hydrogen) atoms. The van der Waals surface area contributed by atoms with E-state index in [1.165, 1.54) is 4.90 Å². The molecule has 290 valence electrons. The zero-order valence-corrected chi connectivity index (χ0v) is 31.5. The topological polar surface area (TPSA) is 235 Å². The number of nitrogens with zero attached hydrogens (tertiary/aromatic N) is 3. The Morgan fingerprint density at radius 2 is 1.44 bits per heavy atom. The van der Waals surface area contributed by atoms with E-state index in [2.05, 4.69) is 10.1 Å². The summed E-state index contributed by atoms with van der Waals surface area (Å²) >= 11 is 0. The van der Waals surface area contributed by atoms with Gasteiger partial charge in [-0.15, -0.1) is 0 Å². The zero-order valence-electron chi connectivity index (χ0n) is 30.6. The number of hydrogen-bond acceptors (Lipinski definition) is 7. The van der Waals surface area contributed by atoms with Gasteiger partial charge in [0.2, 0.25) is 11.8 Å². The molecule has 3 aromatic rings. The highest BCUT2D eigenvalue weighted by molar-refractivity contribution is 7.60. The summed E-state index contributed by atoms with van der Waals surface area (Å²) in [5, 5.41) is 21.3. The Labute approximate surface area is 316 Å². The third-order valence-electron chi connectivity index (χ3n) is 9.56. The van der Waals surface area contributed by atoms with Crippen LogP contribution in [0.15, 0.2) is 89.9 Å². The maximum absolute atomic E-state index is 14.5. The molecule has 0 radical (unpaired) electrons. The Morgan fingerprint density at radius 3 is 1.94 bits per heavy atom. The minimum atomic E-state index is -3.15. The molecule has 0 unspecified atom stereocenters. The first-order valence-electron chi connectivity index (χ1n) is 18.1. The van der Waals surface area contributed by atoms with Crippen molar-refractivity contribution in [1.82, 2.24) is 14.9 Å². The molecule has 15 heteroatoms. The summed E-state index contributed by atoms with van der Waals surface area (Å²) in [6.45, 7) is 2.28. The number of carbonyl (C=O) groups excluding carboxylic acids is 2. The fraction of sp³-hybridized carbons (Fsp3) is 0.410. The molecular weight excluding hydrogens is 709 g/mol. The van der Waals surface area contributed by atoms with E-state index >= 15 is 0 Å². The van der Waals surface area contributed by atoms with E-state index in [1.54, 1.807) is 11.8 Å². The highest BCUT2D eigenvalue weighted by atomic mass is 31.2. The van der Waals surface area contributed by atoms with Crippen molar-refractivity contribution in [2.75, 3.05) is 19.6 Å². The van der Waals surface area contributed by atoms with Crippen LogP contribution in [-0.4, -0.2) is 93.5 Å². The lowest BCUT2D eigenvalue weighted by Crippen LogP contribution is -2.54. The number of guanidine groups is 1. The molecule has 2 aliphatic rings. The number of aliphatic carboxylic acids is 2. The zero-order chi connectivity index (χ0) is 39.3. The largest absolute Gasteiger partial charge is 0.480 e. The van der Waals surface area contributed by atoms with Crippen LogP contribution in [0.5, 0.6) is 0 Å². The summed E-state index contributed by atoms with van der Waals surface area (Å²) in [7, 11) is -3.15. The predicted octanol–water partition coefficient (Wildman–Crippen LogP) is 3.17. The number of aliphatic imine (C=N–C) groups is 1. The van der Waals surface area contributed by atoms with Gasteiger partial charge in [-0.2, -0.15) is 0 Å². The molecule has 9 N–H and O–H groups in total. The standard InChI is InChI=1S/C33H38N3O5P.C6H14N4O2/c1-24(34-42(41,22-25-11-4-2-5-12-25)23-26-13-6-3-7-14-26)32(38)36(29-19-27-15-8-9-16-28(27)20-29)21-31(37)35-18-10-17-30(35)33(39)40;7-4(5(11)12)2-1-3-10-6(8)9/h2-9,11-16,24,29-30H,10,17-23H2,1H3,(H,34,41)(H,39,40);4H,1-3,7H2,(H,11,12)(H4,8,9,10)/t24-,30-;4-/m00/s1. The van der Waals surface area contributed by atoms with Crippen molar-refractivity contribution in [3.05, 3.63) is 107 Å². The number of fused-ring (bicyclic) bond motifs is 1. The second kappa shape index (κ2) is 19.9. The number of amides is 2. The number of nitrogens with one attached hydrogen (secondary N) is 1. The van der Waals surface area contributed by atoms with E-state index in [1.807, 2.05) is 84.9 Å². The number of likely N-dealkylation sites (tertiary alicyclic amines) is 1. The van der Waals surface area contributed by atoms with Gasteiger partial charge in [0.15, 0.2) is 13.3 Å². The van der Waals surface area contributed by atoms with Gasteiger partial charge in [0, 0.05) is 31.5 Å². The van der Waals surface area contributed by atoms with E-state index in [-0.39, 0.29) is 42.7 Å². The minimum absolute atomic E-state index is 0.0129. The first-order valence-corrected chi connectivity index (χ1v) is 20.2. The fourth-order valence-electron chi connectivity index (χ4n) is 6.91. The van der Waals surface area contributed by atoms with Gasteiger partial charge in [-0.1, -0.05) is 84.9 Å². The summed E-state index contributed by atoms with van der Waals surface area (Å²) in [5.41, 5.74) is 19.4. The van der Waals surface area contributed by atoms with Crippen LogP contribution in [0.1, 0.15) is 54.9 Å². The molecule has 0 spiro atoms. The van der Waals surface area contributed by atoms with Crippen molar-refractivity contribution in [3.63, 3.8) is 0 Å². The average Bonchev–Trinajstić information content (AvgIpc) is 3.81. The molecule has 2 amide bonds. The van der Waals surface area contributed by atoms with E-state index in [4.69, 9.17) is 22.3 Å². The van der Waals surface area contributed by atoms with Gasteiger partial charge in [-0.3, -0.25) is 24.5 Å². The van der Waals surface area contributed by atoms with Crippen LogP contribution in [-0.2, 0) is 48.9 Å². The Hall–Kier alpha value is -5.04. The van der Waals surface area contributed by atoms with Crippen LogP contribution in [0.25, 0.3) is 0 Å². The first-order chi connectivity index (χ1) is 25.8. The third-order valence-corrected chi connectivity index (χ3v) is 12.2. The number of benzene rings is 3. The Morgan fingerprint density at radius 1 is 0.907 bits per heavy atom. The second-order valence-corrected chi connectivity index (χ2v) is 16.5. The number of nitrogens with two attached hydrogens (primary N) is 3. The Kier molecular flexibility index (Phi) is 15.3. The maximum atomic E-state index is 14.5. The number of carbonyl (C=O) groups is 4. The Bertz CT molecular complexity index is 1740. The molecule has 1 fully saturated rings. The molecular formula is C39H52N7O7P. The first kappa shape index (κ1) is 41.7. The lowest BCUT2D eigenvalue weighted by atomic mass is 10.1. The van der Waals surface area contributed by atoms with Crippen LogP contribution in [0.3, 0.4) is 0 Å². The quantitative estimate of drug-likeness (QED) is 0.0537. The molecule has 0 bridgehead atoms. The Balaban J connectivity index is 0.000000467. The monoisotopic (exact) mass is 761 g/mol. The number of carboxylic acid groups (broad SMARTS) is 2. The molecule has 1 heterocycles. The van der Waals surface area contributed by atoms with Crippen molar-refractivity contribution >= 4 is 37.0 Å². The number of hydrogen-bond donors (Lipinski definition) is 6. The molecule has 0 saturated carbocycles. The van der Waals surface area contributed by atoms with Crippen LogP contribution in [0, 0.1) is 0 Å². The lowest BCUT2D eigenvalue weighted by molar-refractivity contribution is -0.150. The van der Waals surface area contributed by atoms with Gasteiger partial charge in [0.25, 0.3) is 0 Å². The number of carboxylic acids is 2. The summed E-state index contributed by atoms with van der Waals surface area (Å²) < 4.78 is 14.5.